The highest BCUT2D eigenvalue weighted by Crippen LogP contribution is 2.23. The van der Waals surface area contributed by atoms with Crippen LogP contribution in [0.5, 0.6) is 5.75 Å². The van der Waals surface area contributed by atoms with Crippen LogP contribution in [-0.4, -0.2) is 34.7 Å². The number of hydrogen-bond acceptors (Lipinski definition) is 5. The molecule has 0 saturated carbocycles. The lowest BCUT2D eigenvalue weighted by Gasteiger charge is -2.12. The summed E-state index contributed by atoms with van der Waals surface area (Å²) in [5.74, 6) is -0.997. The fourth-order valence-electron chi connectivity index (χ4n) is 2.27. The van der Waals surface area contributed by atoms with Crippen molar-refractivity contribution < 1.29 is 24.5 Å². The van der Waals surface area contributed by atoms with Crippen molar-refractivity contribution >= 4 is 11.8 Å². The first kappa shape index (κ1) is 18.4. The quantitative estimate of drug-likeness (QED) is 0.460. The normalized spacial score (nSPS) is 11.6. The second-order valence-electron chi connectivity index (χ2n) is 5.78. The summed E-state index contributed by atoms with van der Waals surface area (Å²) in [7, 11) is 0. The van der Waals surface area contributed by atoms with E-state index in [4.69, 9.17) is 4.74 Å². The molecule has 0 bridgehead atoms. The molecule has 5 heteroatoms. The Hall–Kier alpha value is -2.92. The number of ketones is 1. The van der Waals surface area contributed by atoms with Crippen LogP contribution in [0.4, 0.5) is 0 Å². The van der Waals surface area contributed by atoms with E-state index in [1.807, 2.05) is 6.07 Å². The standard InChI is InChI=1S/C20H20O5/c1-13(2)20(24)25-12-16(21)10-14-8-9-17(18(22)11-14)19(23)15-6-4-3-5-7-15/h3-9,11,16,21-22H,1,10,12H2,2H3. The molecule has 1 atom stereocenters. The molecule has 25 heavy (non-hydrogen) atoms. The molecule has 0 fully saturated rings. The number of aliphatic hydroxyl groups excluding tert-OH is 1. The van der Waals surface area contributed by atoms with Gasteiger partial charge in [-0.05, 0) is 24.6 Å². The summed E-state index contributed by atoms with van der Waals surface area (Å²) in [4.78, 5) is 23.7. The number of hydrogen-bond donors (Lipinski definition) is 2. The van der Waals surface area contributed by atoms with Crippen molar-refractivity contribution in [2.45, 2.75) is 19.4 Å². The van der Waals surface area contributed by atoms with Gasteiger partial charge in [-0.1, -0.05) is 43.0 Å². The van der Waals surface area contributed by atoms with E-state index in [0.717, 1.165) is 0 Å². The molecule has 0 aliphatic heterocycles. The van der Waals surface area contributed by atoms with Gasteiger partial charge in [0, 0.05) is 17.6 Å². The fraction of sp³-hybridized carbons (Fsp3) is 0.200. The van der Waals surface area contributed by atoms with Gasteiger partial charge in [0.2, 0.25) is 0 Å². The molecule has 0 saturated heterocycles. The van der Waals surface area contributed by atoms with Gasteiger partial charge < -0.3 is 14.9 Å². The molecule has 0 spiro atoms. The van der Waals surface area contributed by atoms with Crippen molar-refractivity contribution in [3.63, 3.8) is 0 Å². The highest BCUT2D eigenvalue weighted by molar-refractivity contribution is 6.10. The Morgan fingerprint density at radius 2 is 1.84 bits per heavy atom. The summed E-state index contributed by atoms with van der Waals surface area (Å²) < 4.78 is 4.88. The van der Waals surface area contributed by atoms with Crippen LogP contribution in [0.1, 0.15) is 28.4 Å². The van der Waals surface area contributed by atoms with Gasteiger partial charge in [-0.25, -0.2) is 4.79 Å². The van der Waals surface area contributed by atoms with E-state index in [-0.39, 0.29) is 35.7 Å². The third kappa shape index (κ3) is 5.02. The Labute approximate surface area is 146 Å². The summed E-state index contributed by atoms with van der Waals surface area (Å²) in [5.41, 5.74) is 1.56. The first-order chi connectivity index (χ1) is 11.9. The monoisotopic (exact) mass is 340 g/mol. The van der Waals surface area contributed by atoms with Gasteiger partial charge in [0.15, 0.2) is 5.78 Å². The van der Waals surface area contributed by atoms with Crippen LogP contribution in [0, 0.1) is 0 Å². The van der Waals surface area contributed by atoms with E-state index in [0.29, 0.717) is 11.1 Å². The summed E-state index contributed by atoms with van der Waals surface area (Å²) >= 11 is 0. The molecule has 0 aliphatic carbocycles. The highest BCUT2D eigenvalue weighted by Gasteiger charge is 2.15. The van der Waals surface area contributed by atoms with Gasteiger partial charge in [0.25, 0.3) is 0 Å². The number of carbonyl (C=O) groups excluding carboxylic acids is 2. The van der Waals surface area contributed by atoms with Crippen LogP contribution in [0.3, 0.4) is 0 Å². The van der Waals surface area contributed by atoms with Crippen molar-refractivity contribution in [2.24, 2.45) is 0 Å². The van der Waals surface area contributed by atoms with Crippen molar-refractivity contribution in [1.29, 1.82) is 0 Å². The SMILES string of the molecule is C=C(C)C(=O)OCC(O)Cc1ccc(C(=O)c2ccccc2)c(O)c1. The van der Waals surface area contributed by atoms with E-state index in [1.54, 1.807) is 30.3 Å². The van der Waals surface area contributed by atoms with Crippen molar-refractivity contribution in [3.8, 4) is 5.75 Å². The number of aliphatic hydroxyl groups is 1. The van der Waals surface area contributed by atoms with Crippen LogP contribution in [-0.2, 0) is 16.0 Å². The van der Waals surface area contributed by atoms with E-state index in [1.165, 1.54) is 19.1 Å². The minimum absolute atomic E-state index is 0.155. The van der Waals surface area contributed by atoms with Crippen LogP contribution in [0.25, 0.3) is 0 Å². The smallest absolute Gasteiger partial charge is 0.333 e. The average Bonchev–Trinajstić information content (AvgIpc) is 2.60. The Morgan fingerprint density at radius 3 is 2.44 bits per heavy atom. The van der Waals surface area contributed by atoms with Gasteiger partial charge in [0.05, 0.1) is 11.7 Å². The summed E-state index contributed by atoms with van der Waals surface area (Å²) in [5, 5.41) is 20.1. The van der Waals surface area contributed by atoms with Gasteiger partial charge >= 0.3 is 5.97 Å². The largest absolute Gasteiger partial charge is 0.507 e. The molecule has 2 rings (SSSR count). The third-order valence-corrected chi connectivity index (χ3v) is 3.57. The number of rotatable bonds is 7. The van der Waals surface area contributed by atoms with Gasteiger partial charge in [0.1, 0.15) is 12.4 Å². The Morgan fingerprint density at radius 1 is 1.16 bits per heavy atom. The predicted octanol–water partition coefficient (Wildman–Crippen LogP) is 2.65. The summed E-state index contributed by atoms with van der Waals surface area (Å²) in [6.07, 6.45) is -0.741. The van der Waals surface area contributed by atoms with Crippen LogP contribution >= 0.6 is 0 Å². The molecular weight excluding hydrogens is 320 g/mol. The molecule has 2 aromatic carbocycles. The molecule has 1 unspecified atom stereocenters. The number of ether oxygens (including phenoxy) is 1. The fourth-order valence-corrected chi connectivity index (χ4v) is 2.27. The Bertz CT molecular complexity index is 780. The van der Waals surface area contributed by atoms with Crippen LogP contribution in [0.15, 0.2) is 60.7 Å². The Kier molecular flexibility index (Phi) is 6.08. The molecule has 0 aromatic heterocycles. The van der Waals surface area contributed by atoms with E-state index in [2.05, 4.69) is 6.58 Å². The number of phenolic OH excluding ortho intramolecular Hbond substituents is 1. The molecule has 130 valence electrons. The second-order valence-corrected chi connectivity index (χ2v) is 5.78. The molecule has 2 aromatic rings. The lowest BCUT2D eigenvalue weighted by atomic mass is 9.99. The summed E-state index contributed by atoms with van der Waals surface area (Å²) in [6.45, 7) is 4.81. The minimum atomic E-state index is -0.918. The first-order valence-corrected chi connectivity index (χ1v) is 7.81. The molecule has 0 amide bonds. The topological polar surface area (TPSA) is 83.8 Å². The van der Waals surface area contributed by atoms with Gasteiger partial charge in [-0.2, -0.15) is 0 Å². The van der Waals surface area contributed by atoms with Crippen molar-refractivity contribution in [2.75, 3.05) is 6.61 Å². The number of aromatic hydroxyl groups is 1. The maximum atomic E-state index is 12.4. The van der Waals surface area contributed by atoms with Crippen LogP contribution in [0.2, 0.25) is 0 Å². The zero-order chi connectivity index (χ0) is 18.4. The average molecular weight is 340 g/mol. The zero-order valence-corrected chi connectivity index (χ0v) is 13.9. The highest BCUT2D eigenvalue weighted by atomic mass is 16.5. The lowest BCUT2D eigenvalue weighted by molar-refractivity contribution is -0.141. The molecule has 0 heterocycles. The van der Waals surface area contributed by atoms with E-state index in [9.17, 15) is 19.8 Å². The van der Waals surface area contributed by atoms with Gasteiger partial charge in [-0.3, -0.25) is 4.79 Å². The second kappa shape index (κ2) is 8.26. The van der Waals surface area contributed by atoms with Crippen molar-refractivity contribution in [3.05, 3.63) is 77.4 Å². The number of esters is 1. The van der Waals surface area contributed by atoms with Crippen molar-refractivity contribution in [1.82, 2.24) is 0 Å². The number of carbonyl (C=O) groups is 2. The molecular formula is C20H20O5. The maximum Gasteiger partial charge on any atom is 0.333 e. The number of phenols is 1. The molecule has 0 aliphatic rings. The predicted molar refractivity (Wildman–Crippen MR) is 93.5 cm³/mol. The molecule has 5 nitrogen and oxygen atoms in total. The van der Waals surface area contributed by atoms with Crippen LogP contribution < -0.4 is 0 Å². The number of benzene rings is 2. The summed E-state index contributed by atoms with van der Waals surface area (Å²) in [6, 6.07) is 13.3. The first-order valence-electron chi connectivity index (χ1n) is 7.81. The molecule has 0 radical (unpaired) electrons. The van der Waals surface area contributed by atoms with Gasteiger partial charge in [-0.15, -0.1) is 0 Å². The van der Waals surface area contributed by atoms with E-state index >= 15 is 0 Å². The molecule has 2 N–H and O–H groups in total. The zero-order valence-electron chi connectivity index (χ0n) is 13.9. The maximum absolute atomic E-state index is 12.4. The lowest BCUT2D eigenvalue weighted by Crippen LogP contribution is -2.21. The van der Waals surface area contributed by atoms with E-state index < -0.39 is 12.1 Å². The Balaban J connectivity index is 2.03. The minimum Gasteiger partial charge on any atom is -0.507 e. The third-order valence-electron chi connectivity index (χ3n) is 3.57.